The fourth-order valence-electron chi connectivity index (χ4n) is 2.75. The van der Waals surface area contributed by atoms with Gasteiger partial charge in [-0.1, -0.05) is 36.7 Å². The summed E-state index contributed by atoms with van der Waals surface area (Å²) in [5.41, 5.74) is 0. The Hall–Kier alpha value is -1.54. The van der Waals surface area contributed by atoms with E-state index in [4.69, 9.17) is 16.7 Å². The number of rotatable bonds is 7. The van der Waals surface area contributed by atoms with E-state index in [1.807, 2.05) is 11.8 Å². The van der Waals surface area contributed by atoms with Gasteiger partial charge in [0.1, 0.15) is 11.0 Å². The third-order valence-electron chi connectivity index (χ3n) is 4.00. The van der Waals surface area contributed by atoms with Gasteiger partial charge in [-0.3, -0.25) is 9.59 Å². The molecule has 1 aliphatic heterocycles. The number of nitrogens with zero attached hydrogens (tertiary/aromatic N) is 4. The summed E-state index contributed by atoms with van der Waals surface area (Å²) in [5, 5.41) is 9.41. The van der Waals surface area contributed by atoms with Crippen LogP contribution >= 0.6 is 23.4 Å². The fourth-order valence-corrected chi connectivity index (χ4v) is 3.55. The average Bonchev–Trinajstić information content (AvgIpc) is 2.57. The van der Waals surface area contributed by atoms with Crippen molar-refractivity contribution in [1.82, 2.24) is 14.9 Å². The van der Waals surface area contributed by atoms with Gasteiger partial charge in [0, 0.05) is 38.2 Å². The molecule has 0 radical (unpaired) electrons. The van der Waals surface area contributed by atoms with E-state index in [9.17, 15) is 9.59 Å². The molecule has 1 aromatic heterocycles. The molecule has 1 fully saturated rings. The van der Waals surface area contributed by atoms with E-state index < -0.39 is 5.97 Å². The Morgan fingerprint density at radius 2 is 2.16 bits per heavy atom. The average molecular weight is 387 g/mol. The molecule has 25 heavy (non-hydrogen) atoms. The van der Waals surface area contributed by atoms with Gasteiger partial charge in [-0.25, -0.2) is 9.97 Å². The summed E-state index contributed by atoms with van der Waals surface area (Å²) in [6, 6.07) is 1.76. The van der Waals surface area contributed by atoms with E-state index in [0.29, 0.717) is 37.0 Å². The zero-order valence-corrected chi connectivity index (χ0v) is 16.0. The van der Waals surface area contributed by atoms with Crippen LogP contribution in [-0.2, 0) is 9.59 Å². The van der Waals surface area contributed by atoms with Crippen LogP contribution in [-0.4, -0.2) is 63.3 Å². The van der Waals surface area contributed by atoms with Crippen LogP contribution in [0.2, 0.25) is 5.15 Å². The largest absolute Gasteiger partial charge is 0.481 e. The second kappa shape index (κ2) is 9.24. The van der Waals surface area contributed by atoms with Crippen LogP contribution in [0.4, 0.5) is 5.82 Å². The summed E-state index contributed by atoms with van der Waals surface area (Å²) in [6.45, 7) is 6.07. The molecule has 2 heterocycles. The maximum atomic E-state index is 12.3. The first-order valence-corrected chi connectivity index (χ1v) is 9.70. The van der Waals surface area contributed by atoms with E-state index in [1.165, 1.54) is 0 Å². The first-order valence-electron chi connectivity index (χ1n) is 8.34. The van der Waals surface area contributed by atoms with E-state index in [0.717, 1.165) is 24.6 Å². The van der Waals surface area contributed by atoms with Crippen LogP contribution in [0.1, 0.15) is 33.1 Å². The highest BCUT2D eigenvalue weighted by Gasteiger charge is 2.28. The monoisotopic (exact) mass is 386 g/mol. The Morgan fingerprint density at radius 1 is 1.40 bits per heavy atom. The first-order chi connectivity index (χ1) is 11.9. The predicted octanol–water partition coefficient (Wildman–Crippen LogP) is 2.53. The minimum absolute atomic E-state index is 0.0852. The number of aliphatic carboxylic acids is 1. The normalized spacial score (nSPS) is 17.6. The van der Waals surface area contributed by atoms with Crippen molar-refractivity contribution in [1.29, 1.82) is 0 Å². The van der Waals surface area contributed by atoms with Crippen molar-refractivity contribution < 1.29 is 14.7 Å². The number of unbranched alkanes of at least 4 members (excludes halogenated alkanes) is 1. The lowest BCUT2D eigenvalue weighted by Crippen LogP contribution is -2.54. The lowest BCUT2D eigenvalue weighted by Gasteiger charge is -2.40. The van der Waals surface area contributed by atoms with Crippen LogP contribution < -0.4 is 4.90 Å². The summed E-state index contributed by atoms with van der Waals surface area (Å²) in [5.74, 6) is -0.175. The van der Waals surface area contributed by atoms with E-state index in [1.54, 1.807) is 6.07 Å². The maximum Gasteiger partial charge on any atom is 0.313 e. The Bertz CT molecular complexity index is 631. The van der Waals surface area contributed by atoms with Gasteiger partial charge in [0.25, 0.3) is 0 Å². The molecule has 0 bridgehead atoms. The molecule has 1 aliphatic rings. The second-order valence-electron chi connectivity index (χ2n) is 6.00. The van der Waals surface area contributed by atoms with E-state index in [2.05, 4.69) is 21.8 Å². The van der Waals surface area contributed by atoms with Gasteiger partial charge in [-0.2, -0.15) is 0 Å². The highest BCUT2D eigenvalue weighted by Crippen LogP contribution is 2.24. The smallest absolute Gasteiger partial charge is 0.313 e. The summed E-state index contributed by atoms with van der Waals surface area (Å²) in [6.07, 6.45) is 2.52. The van der Waals surface area contributed by atoms with E-state index >= 15 is 0 Å². The van der Waals surface area contributed by atoms with Gasteiger partial charge in [0.15, 0.2) is 5.16 Å². The molecule has 1 atom stereocenters. The number of carboxylic acids is 1. The zero-order valence-electron chi connectivity index (χ0n) is 14.4. The molecule has 0 unspecified atom stereocenters. The van der Waals surface area contributed by atoms with Crippen LogP contribution in [0, 0.1) is 0 Å². The van der Waals surface area contributed by atoms with Crippen molar-refractivity contribution in [3.05, 3.63) is 11.2 Å². The van der Waals surface area contributed by atoms with Gasteiger partial charge < -0.3 is 14.9 Å². The van der Waals surface area contributed by atoms with Crippen molar-refractivity contribution >= 4 is 41.1 Å². The zero-order chi connectivity index (χ0) is 18.4. The lowest BCUT2D eigenvalue weighted by molar-refractivity contribution is -0.134. The number of halogens is 1. The molecule has 0 spiro atoms. The van der Waals surface area contributed by atoms with Crippen molar-refractivity contribution in [2.75, 3.05) is 30.3 Å². The number of carbonyl (C=O) groups is 2. The van der Waals surface area contributed by atoms with Crippen molar-refractivity contribution in [3.8, 4) is 0 Å². The Labute approximate surface area is 156 Å². The lowest BCUT2D eigenvalue weighted by atomic mass is 10.1. The van der Waals surface area contributed by atoms with E-state index in [-0.39, 0.29) is 22.9 Å². The van der Waals surface area contributed by atoms with Gasteiger partial charge in [0.2, 0.25) is 5.91 Å². The van der Waals surface area contributed by atoms with Crippen LogP contribution in [0.25, 0.3) is 0 Å². The Morgan fingerprint density at radius 3 is 2.80 bits per heavy atom. The summed E-state index contributed by atoms with van der Waals surface area (Å²) >= 11 is 7.09. The van der Waals surface area contributed by atoms with Crippen LogP contribution in [0.5, 0.6) is 0 Å². The van der Waals surface area contributed by atoms with Crippen molar-refractivity contribution in [2.45, 2.75) is 44.3 Å². The molecular formula is C16H23ClN4O3S. The van der Waals surface area contributed by atoms with Crippen LogP contribution in [0.3, 0.4) is 0 Å². The number of aromatic nitrogens is 2. The molecule has 1 aromatic rings. The van der Waals surface area contributed by atoms with Crippen molar-refractivity contribution in [2.24, 2.45) is 0 Å². The molecule has 1 amide bonds. The Balaban J connectivity index is 2.03. The molecule has 0 aliphatic carbocycles. The number of anilines is 1. The highest BCUT2D eigenvalue weighted by atomic mass is 35.5. The summed E-state index contributed by atoms with van der Waals surface area (Å²) < 4.78 is 0. The molecule has 2 rings (SSSR count). The number of amides is 1. The minimum atomic E-state index is -0.928. The molecule has 1 N–H and O–H groups in total. The third kappa shape index (κ3) is 5.74. The highest BCUT2D eigenvalue weighted by molar-refractivity contribution is 7.99. The molecule has 0 saturated carbocycles. The van der Waals surface area contributed by atoms with Crippen LogP contribution in [0.15, 0.2) is 11.2 Å². The number of carbonyl (C=O) groups excluding carboxylic acids is 1. The standard InChI is InChI=1S/C16H23ClN4O3S/c1-3-4-5-14(22)21-7-6-20(9-11(21)2)13-8-12(17)18-16(19-13)25-10-15(23)24/h8,11H,3-7,9-10H2,1-2H3,(H,23,24)/t11-/m1/s1. The number of hydrogen-bond acceptors (Lipinski definition) is 6. The SMILES string of the molecule is CCCCC(=O)N1CCN(c2cc(Cl)nc(SCC(=O)O)n2)C[C@H]1C. The van der Waals surface area contributed by atoms with Gasteiger partial charge in [0.05, 0.1) is 5.75 Å². The molecule has 9 heteroatoms. The van der Waals surface area contributed by atoms with Gasteiger partial charge >= 0.3 is 5.97 Å². The molecule has 138 valence electrons. The second-order valence-corrected chi connectivity index (χ2v) is 7.33. The predicted molar refractivity (Wildman–Crippen MR) is 98.3 cm³/mol. The number of piperazine rings is 1. The van der Waals surface area contributed by atoms with Gasteiger partial charge in [-0.15, -0.1) is 0 Å². The summed E-state index contributed by atoms with van der Waals surface area (Å²) in [7, 11) is 0. The topological polar surface area (TPSA) is 86.6 Å². The first kappa shape index (κ1) is 19.8. The Kier molecular flexibility index (Phi) is 7.31. The van der Waals surface area contributed by atoms with Crippen molar-refractivity contribution in [3.63, 3.8) is 0 Å². The molecule has 1 saturated heterocycles. The maximum absolute atomic E-state index is 12.3. The number of thioether (sulfide) groups is 1. The third-order valence-corrected chi connectivity index (χ3v) is 5.03. The minimum Gasteiger partial charge on any atom is -0.481 e. The van der Waals surface area contributed by atoms with Gasteiger partial charge in [-0.05, 0) is 13.3 Å². The quantitative estimate of drug-likeness (QED) is 0.437. The molecular weight excluding hydrogens is 364 g/mol. The molecule has 0 aromatic carbocycles. The number of carboxylic acid groups (broad SMARTS) is 1. The fraction of sp³-hybridized carbons (Fsp3) is 0.625. The molecule has 7 nitrogen and oxygen atoms in total. The summed E-state index contributed by atoms with van der Waals surface area (Å²) in [4.78, 5) is 35.4. The number of hydrogen-bond donors (Lipinski definition) is 1.